The van der Waals surface area contributed by atoms with Gasteiger partial charge in [-0.2, -0.15) is 0 Å². The first kappa shape index (κ1) is 21.2. The van der Waals surface area contributed by atoms with Gasteiger partial charge in [0.15, 0.2) is 0 Å². The zero-order valence-corrected chi connectivity index (χ0v) is 18.8. The number of aryl methyl sites for hydroxylation is 2. The van der Waals surface area contributed by atoms with Gasteiger partial charge in [-0.1, -0.05) is 0 Å². The summed E-state index contributed by atoms with van der Waals surface area (Å²) in [5.41, 5.74) is 1.94. The van der Waals surface area contributed by atoms with Crippen LogP contribution in [0.5, 0.6) is 5.75 Å². The predicted octanol–water partition coefficient (Wildman–Crippen LogP) is 1.88. The van der Waals surface area contributed by atoms with E-state index in [0.29, 0.717) is 49.0 Å². The number of hydrogen-bond acceptors (Lipinski definition) is 5. The number of carbonyl (C=O) groups excluding carboxylic acids is 2. The maximum Gasteiger partial charge on any atom is 0.270 e. The topological polar surface area (TPSA) is 122 Å². The lowest BCUT2D eigenvalue weighted by Gasteiger charge is -2.24. The van der Waals surface area contributed by atoms with E-state index in [2.05, 4.69) is 15.0 Å². The van der Waals surface area contributed by atoms with Crippen molar-refractivity contribution in [3.05, 3.63) is 57.4 Å². The van der Waals surface area contributed by atoms with Gasteiger partial charge in [0.05, 0.1) is 6.42 Å². The van der Waals surface area contributed by atoms with Crippen LogP contribution in [-0.2, 0) is 11.2 Å². The standard InChI is InChI=1S/C24H27N5O4/c1-14-18(22(32)26-15(2)25-14)11-21(31)28-7-5-24(12-28)6-8-29(13-24)23(33)20-10-16-9-17(30)3-4-19(16)27-20/h3-4,9-10,27,30H,5-8,11-13H2,1-2H3,(H,25,26,32). The van der Waals surface area contributed by atoms with Crippen LogP contribution in [0.25, 0.3) is 10.9 Å². The number of hydrogen-bond donors (Lipinski definition) is 3. The van der Waals surface area contributed by atoms with Crippen molar-refractivity contribution in [2.45, 2.75) is 33.1 Å². The van der Waals surface area contributed by atoms with Crippen LogP contribution < -0.4 is 5.56 Å². The van der Waals surface area contributed by atoms with Crippen molar-refractivity contribution >= 4 is 22.7 Å². The number of rotatable bonds is 3. The largest absolute Gasteiger partial charge is 0.508 e. The number of fused-ring (bicyclic) bond motifs is 1. The van der Waals surface area contributed by atoms with Crippen molar-refractivity contribution in [1.29, 1.82) is 0 Å². The molecule has 0 bridgehead atoms. The van der Waals surface area contributed by atoms with E-state index in [1.54, 1.807) is 38.1 Å². The summed E-state index contributed by atoms with van der Waals surface area (Å²) in [6.07, 6.45) is 1.72. The molecule has 2 aromatic heterocycles. The van der Waals surface area contributed by atoms with Crippen LogP contribution in [0.4, 0.5) is 0 Å². The highest BCUT2D eigenvalue weighted by atomic mass is 16.3. The van der Waals surface area contributed by atoms with Crippen LogP contribution in [0.2, 0.25) is 0 Å². The molecule has 2 fully saturated rings. The second-order valence-electron chi connectivity index (χ2n) is 9.39. The molecular weight excluding hydrogens is 422 g/mol. The highest BCUT2D eigenvalue weighted by Gasteiger charge is 2.46. The Morgan fingerprint density at radius 2 is 1.82 bits per heavy atom. The number of nitrogens with zero attached hydrogens (tertiary/aromatic N) is 3. The van der Waals surface area contributed by atoms with Gasteiger partial charge in [-0.15, -0.1) is 0 Å². The van der Waals surface area contributed by atoms with Gasteiger partial charge in [-0.25, -0.2) is 4.98 Å². The van der Waals surface area contributed by atoms with Gasteiger partial charge in [-0.3, -0.25) is 14.4 Å². The molecule has 1 atom stereocenters. The van der Waals surface area contributed by atoms with Gasteiger partial charge < -0.3 is 24.9 Å². The van der Waals surface area contributed by atoms with E-state index in [-0.39, 0.29) is 35.0 Å². The molecule has 1 aromatic carbocycles. The average molecular weight is 450 g/mol. The summed E-state index contributed by atoms with van der Waals surface area (Å²) in [5.74, 6) is 0.554. The summed E-state index contributed by atoms with van der Waals surface area (Å²) in [6.45, 7) is 5.93. The van der Waals surface area contributed by atoms with Gasteiger partial charge in [0.2, 0.25) is 5.91 Å². The lowest BCUT2D eigenvalue weighted by molar-refractivity contribution is -0.129. The zero-order chi connectivity index (χ0) is 23.3. The number of carbonyl (C=O) groups is 2. The highest BCUT2D eigenvalue weighted by molar-refractivity contribution is 5.98. The van der Waals surface area contributed by atoms with Gasteiger partial charge in [0.1, 0.15) is 17.3 Å². The number of aromatic hydroxyl groups is 1. The fourth-order valence-corrected chi connectivity index (χ4v) is 5.22. The third-order valence-electron chi connectivity index (χ3n) is 7.02. The summed E-state index contributed by atoms with van der Waals surface area (Å²) >= 11 is 0. The maximum absolute atomic E-state index is 13.1. The minimum Gasteiger partial charge on any atom is -0.508 e. The number of H-pyrrole nitrogens is 2. The molecule has 2 aliphatic heterocycles. The molecule has 172 valence electrons. The second-order valence-corrected chi connectivity index (χ2v) is 9.39. The van der Waals surface area contributed by atoms with Crippen LogP contribution in [0.3, 0.4) is 0 Å². The Labute approximate surface area is 190 Å². The zero-order valence-electron chi connectivity index (χ0n) is 18.8. The average Bonchev–Trinajstić information content (AvgIpc) is 3.48. The summed E-state index contributed by atoms with van der Waals surface area (Å²) in [4.78, 5) is 52.1. The lowest BCUT2D eigenvalue weighted by Crippen LogP contribution is -2.37. The Hall–Kier alpha value is -3.62. The van der Waals surface area contributed by atoms with Crippen molar-refractivity contribution in [2.24, 2.45) is 5.41 Å². The number of amides is 2. The monoisotopic (exact) mass is 449 g/mol. The van der Waals surface area contributed by atoms with Crippen LogP contribution in [0.1, 0.15) is 40.4 Å². The summed E-state index contributed by atoms with van der Waals surface area (Å²) in [6, 6.07) is 6.74. The van der Waals surface area contributed by atoms with Crippen LogP contribution in [-0.4, -0.2) is 67.9 Å². The third kappa shape index (κ3) is 3.88. The minimum atomic E-state index is -0.258. The summed E-state index contributed by atoms with van der Waals surface area (Å²) in [7, 11) is 0. The number of benzene rings is 1. The number of phenolic OH excluding ortho intramolecular Hbond substituents is 1. The molecule has 4 heterocycles. The van der Waals surface area contributed by atoms with E-state index >= 15 is 0 Å². The molecule has 1 spiro atoms. The molecule has 3 aromatic rings. The van der Waals surface area contributed by atoms with Crippen LogP contribution in [0, 0.1) is 19.3 Å². The molecule has 2 amide bonds. The van der Waals surface area contributed by atoms with Gasteiger partial charge in [0.25, 0.3) is 11.5 Å². The normalized spacial score (nSPS) is 20.3. The van der Waals surface area contributed by atoms with E-state index < -0.39 is 0 Å². The fourth-order valence-electron chi connectivity index (χ4n) is 5.22. The van der Waals surface area contributed by atoms with Gasteiger partial charge >= 0.3 is 0 Å². The molecule has 2 aliphatic rings. The number of aromatic nitrogens is 3. The van der Waals surface area contributed by atoms with Crippen molar-refractivity contribution in [1.82, 2.24) is 24.8 Å². The molecule has 9 nitrogen and oxygen atoms in total. The Kier molecular flexibility index (Phi) is 4.99. The molecule has 3 N–H and O–H groups in total. The fraction of sp³-hybridized carbons (Fsp3) is 0.417. The second kappa shape index (κ2) is 7.75. The van der Waals surface area contributed by atoms with Crippen LogP contribution in [0.15, 0.2) is 29.1 Å². The molecule has 9 heteroatoms. The maximum atomic E-state index is 13.1. The van der Waals surface area contributed by atoms with Gasteiger partial charge in [-0.05, 0) is 51.0 Å². The van der Waals surface area contributed by atoms with Crippen LogP contribution >= 0.6 is 0 Å². The first-order chi connectivity index (χ1) is 15.7. The summed E-state index contributed by atoms with van der Waals surface area (Å²) in [5, 5.41) is 10.5. The molecule has 0 radical (unpaired) electrons. The first-order valence-corrected chi connectivity index (χ1v) is 11.2. The molecule has 0 saturated carbocycles. The predicted molar refractivity (Wildman–Crippen MR) is 122 cm³/mol. The Morgan fingerprint density at radius 3 is 2.58 bits per heavy atom. The molecular formula is C24H27N5O4. The molecule has 1 unspecified atom stereocenters. The van der Waals surface area contributed by atoms with E-state index in [1.165, 1.54) is 0 Å². The Bertz CT molecular complexity index is 1330. The molecule has 5 rings (SSSR count). The Morgan fingerprint density at radius 1 is 1.09 bits per heavy atom. The lowest BCUT2D eigenvalue weighted by atomic mass is 9.86. The van der Waals surface area contributed by atoms with E-state index in [9.17, 15) is 19.5 Å². The number of likely N-dealkylation sites (tertiary alicyclic amines) is 2. The van der Waals surface area contributed by atoms with Crippen molar-refractivity contribution in [2.75, 3.05) is 26.2 Å². The molecule has 0 aliphatic carbocycles. The highest BCUT2D eigenvalue weighted by Crippen LogP contribution is 2.40. The molecule has 2 saturated heterocycles. The Balaban J connectivity index is 1.26. The number of nitrogens with one attached hydrogen (secondary N) is 2. The number of aromatic amines is 2. The van der Waals surface area contributed by atoms with E-state index in [1.807, 2.05) is 9.80 Å². The molecule has 33 heavy (non-hydrogen) atoms. The van der Waals surface area contributed by atoms with Crippen molar-refractivity contribution in [3.63, 3.8) is 0 Å². The third-order valence-corrected chi connectivity index (χ3v) is 7.02. The van der Waals surface area contributed by atoms with Crippen molar-refractivity contribution in [3.8, 4) is 5.75 Å². The van der Waals surface area contributed by atoms with E-state index in [4.69, 9.17) is 0 Å². The van der Waals surface area contributed by atoms with E-state index in [0.717, 1.165) is 23.7 Å². The minimum absolute atomic E-state index is 0.0368. The van der Waals surface area contributed by atoms with Gasteiger partial charge in [0, 0.05) is 53.8 Å². The summed E-state index contributed by atoms with van der Waals surface area (Å²) < 4.78 is 0. The SMILES string of the molecule is Cc1nc(C)c(CC(=O)N2CCC3(CCN(C(=O)c4cc5cc(O)ccc5[nH]4)C3)C2)c(=O)[nH]1. The van der Waals surface area contributed by atoms with Crippen molar-refractivity contribution < 1.29 is 14.7 Å². The number of phenols is 1. The first-order valence-electron chi connectivity index (χ1n) is 11.2. The quantitative estimate of drug-likeness (QED) is 0.564. The smallest absolute Gasteiger partial charge is 0.270 e.